The van der Waals surface area contributed by atoms with Gasteiger partial charge in [0.05, 0.1) is 6.54 Å². The van der Waals surface area contributed by atoms with Crippen LogP contribution in [0.25, 0.3) is 0 Å². The van der Waals surface area contributed by atoms with Gasteiger partial charge in [-0.2, -0.15) is 0 Å². The van der Waals surface area contributed by atoms with E-state index in [1.165, 1.54) is 5.56 Å². The number of benzene rings is 1. The molecule has 1 aliphatic rings. The Morgan fingerprint density at radius 3 is 2.67 bits per heavy atom. The Morgan fingerprint density at radius 2 is 2.00 bits per heavy atom. The molecule has 4 nitrogen and oxygen atoms in total. The van der Waals surface area contributed by atoms with Crippen LogP contribution in [0.1, 0.15) is 5.56 Å². The van der Waals surface area contributed by atoms with Gasteiger partial charge in [0.15, 0.2) is 0 Å². The van der Waals surface area contributed by atoms with Crippen LogP contribution in [0.2, 0.25) is 0 Å². The molecule has 0 spiro atoms. The van der Waals surface area contributed by atoms with E-state index in [1.54, 1.807) is 0 Å². The van der Waals surface area contributed by atoms with Crippen molar-refractivity contribution in [3.8, 4) is 0 Å². The van der Waals surface area contributed by atoms with Crippen LogP contribution in [0.5, 0.6) is 0 Å². The van der Waals surface area contributed by atoms with Crippen LogP contribution < -0.4 is 5.32 Å². The van der Waals surface area contributed by atoms with Crippen molar-refractivity contribution in [1.82, 2.24) is 10.2 Å². The molecule has 1 aliphatic heterocycles. The lowest BCUT2D eigenvalue weighted by atomic mass is 10.2. The molecule has 15 heavy (non-hydrogen) atoms. The highest BCUT2D eigenvalue weighted by Crippen LogP contribution is 2.10. The molecule has 0 bridgehead atoms. The van der Waals surface area contributed by atoms with Crippen LogP contribution >= 0.6 is 0 Å². The van der Waals surface area contributed by atoms with Gasteiger partial charge in [-0.25, -0.2) is 0 Å². The second-order valence-corrected chi connectivity index (χ2v) is 3.94. The molecule has 82 valence electrons. The van der Waals surface area contributed by atoms with E-state index in [1.807, 2.05) is 35.2 Å². The molecule has 0 saturated carbocycles. The third kappa shape index (κ3) is 3.00. The van der Waals surface area contributed by atoms with Crippen molar-refractivity contribution in [2.24, 2.45) is 0 Å². The molecule has 0 amide bonds. The fraction of sp³-hybridized carbons (Fsp3) is 0.455. The number of nitrogens with zero attached hydrogens (tertiary/aromatic N) is 1. The minimum Gasteiger partial charge on any atom is -0.352 e. The topological polar surface area (TPSA) is 55.7 Å². The van der Waals surface area contributed by atoms with Crippen LogP contribution in [0.4, 0.5) is 0 Å². The number of nitrogens with one attached hydrogen (secondary N) is 1. The lowest BCUT2D eigenvalue weighted by Crippen LogP contribution is -2.60. The molecule has 1 saturated heterocycles. The Labute approximate surface area is 89.1 Å². The normalized spacial score (nSPS) is 21.5. The standard InChI is InChI=1S/C11H16N2O2/c14-11(15)9-13(7-6-12-11)8-10-4-2-1-3-5-10/h1-5,12,14-15H,6-9H2. The Bertz CT molecular complexity index is 314. The highest BCUT2D eigenvalue weighted by molar-refractivity contribution is 5.14. The monoisotopic (exact) mass is 208 g/mol. The van der Waals surface area contributed by atoms with Crippen molar-refractivity contribution in [3.63, 3.8) is 0 Å². The average molecular weight is 208 g/mol. The van der Waals surface area contributed by atoms with E-state index >= 15 is 0 Å². The number of hydrogen-bond acceptors (Lipinski definition) is 4. The van der Waals surface area contributed by atoms with Crippen molar-refractivity contribution in [1.29, 1.82) is 0 Å². The van der Waals surface area contributed by atoms with Gasteiger partial charge in [0.2, 0.25) is 5.91 Å². The average Bonchev–Trinajstić information content (AvgIpc) is 2.17. The molecule has 2 rings (SSSR count). The second kappa shape index (κ2) is 4.28. The molecule has 0 atom stereocenters. The third-order valence-electron chi connectivity index (χ3n) is 2.53. The Hall–Kier alpha value is -0.940. The number of piperazine rings is 1. The SMILES string of the molecule is OC1(O)CN(Cc2ccccc2)CCN1. The molecule has 1 fully saturated rings. The van der Waals surface area contributed by atoms with E-state index < -0.39 is 5.91 Å². The zero-order valence-corrected chi connectivity index (χ0v) is 8.56. The van der Waals surface area contributed by atoms with E-state index in [-0.39, 0.29) is 6.54 Å². The maximum absolute atomic E-state index is 9.43. The summed E-state index contributed by atoms with van der Waals surface area (Å²) < 4.78 is 0. The summed E-state index contributed by atoms with van der Waals surface area (Å²) in [5, 5.41) is 21.5. The maximum Gasteiger partial charge on any atom is 0.235 e. The molecular formula is C11H16N2O2. The first-order valence-electron chi connectivity index (χ1n) is 5.12. The fourth-order valence-corrected chi connectivity index (χ4v) is 1.84. The van der Waals surface area contributed by atoms with Gasteiger partial charge in [0.1, 0.15) is 0 Å². The van der Waals surface area contributed by atoms with E-state index in [4.69, 9.17) is 0 Å². The number of β-amino-alcohol motifs (C(OH)–C–C–N with tert-alkyl or cyclic N) is 2. The number of hydrogen-bond donors (Lipinski definition) is 3. The molecule has 0 aliphatic carbocycles. The molecule has 1 heterocycles. The molecule has 0 unspecified atom stereocenters. The first kappa shape index (κ1) is 10.6. The van der Waals surface area contributed by atoms with Crippen LogP contribution in [-0.2, 0) is 6.54 Å². The minimum absolute atomic E-state index is 0.238. The Morgan fingerprint density at radius 1 is 1.27 bits per heavy atom. The zero-order valence-electron chi connectivity index (χ0n) is 8.56. The predicted octanol–water partition coefficient (Wildman–Crippen LogP) is -0.270. The molecule has 4 heteroatoms. The highest BCUT2D eigenvalue weighted by atomic mass is 16.5. The van der Waals surface area contributed by atoms with Gasteiger partial charge in [-0.3, -0.25) is 10.2 Å². The largest absolute Gasteiger partial charge is 0.352 e. The van der Waals surface area contributed by atoms with Gasteiger partial charge in [-0.15, -0.1) is 0 Å². The molecule has 0 radical (unpaired) electrons. The van der Waals surface area contributed by atoms with Crippen LogP contribution in [-0.4, -0.2) is 40.7 Å². The number of rotatable bonds is 2. The van der Waals surface area contributed by atoms with Gasteiger partial charge in [0.25, 0.3) is 0 Å². The summed E-state index contributed by atoms with van der Waals surface area (Å²) in [7, 11) is 0. The molecular weight excluding hydrogens is 192 g/mol. The first-order chi connectivity index (χ1) is 7.16. The molecule has 0 aromatic heterocycles. The summed E-state index contributed by atoms with van der Waals surface area (Å²) in [6, 6.07) is 10.0. The molecule has 1 aromatic rings. The highest BCUT2D eigenvalue weighted by Gasteiger charge is 2.29. The van der Waals surface area contributed by atoms with Crippen LogP contribution in [0.3, 0.4) is 0 Å². The summed E-state index contributed by atoms with van der Waals surface area (Å²) >= 11 is 0. The summed E-state index contributed by atoms with van der Waals surface area (Å²) in [5.74, 6) is -1.74. The van der Waals surface area contributed by atoms with E-state index in [9.17, 15) is 10.2 Å². The maximum atomic E-state index is 9.43. The van der Waals surface area contributed by atoms with E-state index in [0.29, 0.717) is 6.54 Å². The van der Waals surface area contributed by atoms with Crippen molar-refractivity contribution in [3.05, 3.63) is 35.9 Å². The smallest absolute Gasteiger partial charge is 0.235 e. The predicted molar refractivity (Wildman–Crippen MR) is 56.9 cm³/mol. The van der Waals surface area contributed by atoms with Gasteiger partial charge in [-0.05, 0) is 5.56 Å². The summed E-state index contributed by atoms with van der Waals surface area (Å²) in [5.41, 5.74) is 1.19. The molecule has 1 aromatic carbocycles. The van der Waals surface area contributed by atoms with Crippen molar-refractivity contribution < 1.29 is 10.2 Å². The van der Waals surface area contributed by atoms with E-state index in [0.717, 1.165) is 13.1 Å². The van der Waals surface area contributed by atoms with Gasteiger partial charge < -0.3 is 10.2 Å². The number of aliphatic hydroxyl groups is 2. The first-order valence-corrected chi connectivity index (χ1v) is 5.12. The van der Waals surface area contributed by atoms with Crippen LogP contribution in [0.15, 0.2) is 30.3 Å². The second-order valence-electron chi connectivity index (χ2n) is 3.94. The lowest BCUT2D eigenvalue weighted by molar-refractivity contribution is -0.211. The van der Waals surface area contributed by atoms with Crippen molar-refractivity contribution in [2.45, 2.75) is 12.5 Å². The summed E-state index contributed by atoms with van der Waals surface area (Å²) in [6.45, 7) is 2.42. The van der Waals surface area contributed by atoms with Gasteiger partial charge in [-0.1, -0.05) is 30.3 Å². The van der Waals surface area contributed by atoms with Crippen molar-refractivity contribution >= 4 is 0 Å². The summed E-state index contributed by atoms with van der Waals surface area (Å²) in [6.07, 6.45) is 0. The zero-order chi connectivity index (χ0) is 10.7. The third-order valence-corrected chi connectivity index (χ3v) is 2.53. The van der Waals surface area contributed by atoms with Gasteiger partial charge in [0, 0.05) is 19.6 Å². The van der Waals surface area contributed by atoms with Gasteiger partial charge >= 0.3 is 0 Å². The summed E-state index contributed by atoms with van der Waals surface area (Å²) in [4.78, 5) is 2.02. The quantitative estimate of drug-likeness (QED) is 0.586. The Kier molecular flexibility index (Phi) is 3.02. The lowest BCUT2D eigenvalue weighted by Gasteiger charge is -2.36. The van der Waals surface area contributed by atoms with Crippen LogP contribution in [0, 0.1) is 0 Å². The minimum atomic E-state index is -1.74. The molecule has 3 N–H and O–H groups in total. The Balaban J connectivity index is 1.95. The fourth-order valence-electron chi connectivity index (χ4n) is 1.84. The van der Waals surface area contributed by atoms with E-state index in [2.05, 4.69) is 5.32 Å². The van der Waals surface area contributed by atoms with Crippen molar-refractivity contribution in [2.75, 3.05) is 19.6 Å².